The van der Waals surface area contributed by atoms with E-state index in [4.69, 9.17) is 20.2 Å². The van der Waals surface area contributed by atoms with E-state index in [0.29, 0.717) is 48.3 Å². The molecule has 0 bridgehead atoms. The number of likely N-dealkylation sites (tertiary alicyclic amines) is 1. The lowest BCUT2D eigenvalue weighted by Crippen LogP contribution is -2.31. The van der Waals surface area contributed by atoms with Gasteiger partial charge >= 0.3 is 0 Å². The molecule has 1 amide bonds. The summed E-state index contributed by atoms with van der Waals surface area (Å²) in [5.74, 6) is 0.451. The van der Waals surface area contributed by atoms with Crippen molar-refractivity contribution >= 4 is 22.9 Å². The van der Waals surface area contributed by atoms with Gasteiger partial charge in [-0.05, 0) is 57.1 Å². The Hall–Kier alpha value is -3.30. The molecule has 4 heterocycles. The Morgan fingerprint density at radius 3 is 2.76 bits per heavy atom. The van der Waals surface area contributed by atoms with Crippen LogP contribution in [0.25, 0.3) is 22.3 Å². The molecule has 0 radical (unpaired) electrons. The van der Waals surface area contributed by atoms with Crippen LogP contribution in [0.4, 0.5) is 5.95 Å². The van der Waals surface area contributed by atoms with Gasteiger partial charge in [0, 0.05) is 30.1 Å². The molecule has 9 heteroatoms. The van der Waals surface area contributed by atoms with Gasteiger partial charge in [-0.25, -0.2) is 9.97 Å². The first-order chi connectivity index (χ1) is 16.6. The molecule has 3 N–H and O–H groups in total. The molecule has 2 aromatic heterocycles. The second kappa shape index (κ2) is 9.90. The number of nitrogen functional groups attached to an aromatic ring is 1. The Bertz CT molecular complexity index is 1160. The number of fused-ring (bicyclic) bond motifs is 1. The molecule has 5 rings (SSSR count). The Morgan fingerprint density at radius 1 is 1.18 bits per heavy atom. The maximum Gasteiger partial charge on any atom is 0.251 e. The number of amides is 1. The molecule has 2 aliphatic rings. The van der Waals surface area contributed by atoms with E-state index in [1.54, 1.807) is 0 Å². The third-order valence-electron chi connectivity index (χ3n) is 6.57. The van der Waals surface area contributed by atoms with Crippen molar-refractivity contribution in [3.8, 4) is 17.1 Å². The fraction of sp³-hybridized carbons (Fsp3) is 0.440. The zero-order chi connectivity index (χ0) is 23.5. The molecule has 0 saturated carbocycles. The van der Waals surface area contributed by atoms with Crippen molar-refractivity contribution in [2.45, 2.75) is 37.8 Å². The van der Waals surface area contributed by atoms with Crippen molar-refractivity contribution in [3.05, 3.63) is 42.0 Å². The molecule has 1 aromatic carbocycles. The van der Waals surface area contributed by atoms with E-state index >= 15 is 0 Å². The van der Waals surface area contributed by atoms with Gasteiger partial charge in [0.2, 0.25) is 11.8 Å². The minimum Gasteiger partial charge on any atom is -0.470 e. The van der Waals surface area contributed by atoms with Gasteiger partial charge in [-0.2, -0.15) is 4.98 Å². The summed E-state index contributed by atoms with van der Waals surface area (Å²) in [5, 5.41) is 3.04. The molecular formula is C25H30N6O3. The van der Waals surface area contributed by atoms with Crippen LogP contribution < -0.4 is 15.8 Å². The number of hydrogen-bond donors (Lipinski definition) is 2. The predicted molar refractivity (Wildman–Crippen MR) is 130 cm³/mol. The minimum absolute atomic E-state index is 0.0583. The van der Waals surface area contributed by atoms with Crippen LogP contribution in [0, 0.1) is 0 Å². The number of anilines is 1. The van der Waals surface area contributed by atoms with E-state index in [1.807, 2.05) is 36.4 Å². The summed E-state index contributed by atoms with van der Waals surface area (Å²) in [4.78, 5) is 28.2. The second-order valence-electron chi connectivity index (χ2n) is 8.95. The molecule has 2 saturated heterocycles. The van der Waals surface area contributed by atoms with Crippen molar-refractivity contribution in [1.82, 2.24) is 25.2 Å². The summed E-state index contributed by atoms with van der Waals surface area (Å²) in [6, 6.07) is 11.7. The van der Waals surface area contributed by atoms with E-state index in [0.717, 1.165) is 30.6 Å². The molecule has 34 heavy (non-hydrogen) atoms. The average Bonchev–Trinajstić information content (AvgIpc) is 3.50. The molecule has 0 spiro atoms. The molecule has 2 fully saturated rings. The van der Waals surface area contributed by atoms with E-state index in [1.165, 1.54) is 12.8 Å². The van der Waals surface area contributed by atoms with E-state index in [9.17, 15) is 4.79 Å². The van der Waals surface area contributed by atoms with Gasteiger partial charge in [0.05, 0.1) is 24.4 Å². The zero-order valence-corrected chi connectivity index (χ0v) is 19.4. The van der Waals surface area contributed by atoms with Crippen LogP contribution in [-0.4, -0.2) is 71.3 Å². The Labute approximate surface area is 198 Å². The standard InChI is InChI=1S/C25H30N6O3/c1-31-13-2-3-18(31)10-12-27-23(32)17-6-4-16(5-7-17)20-8-9-21-22(28-20)24(30-25(26)29-21)34-19-11-14-33-15-19/h4-9,18-19H,2-3,10-15H2,1H3,(H,27,32)(H2,26,29,30)/t18?,19-/m0/s1. The molecule has 9 nitrogen and oxygen atoms in total. The van der Waals surface area contributed by atoms with Crippen molar-refractivity contribution in [2.24, 2.45) is 0 Å². The number of nitrogens with zero attached hydrogens (tertiary/aromatic N) is 4. The first kappa shape index (κ1) is 22.5. The largest absolute Gasteiger partial charge is 0.470 e. The third kappa shape index (κ3) is 4.95. The smallest absolute Gasteiger partial charge is 0.251 e. The highest BCUT2D eigenvalue weighted by Crippen LogP contribution is 2.27. The average molecular weight is 463 g/mol. The van der Waals surface area contributed by atoms with Crippen molar-refractivity contribution in [2.75, 3.05) is 39.1 Å². The van der Waals surface area contributed by atoms with Crippen LogP contribution >= 0.6 is 0 Å². The lowest BCUT2D eigenvalue weighted by atomic mass is 10.1. The number of rotatable bonds is 7. The Kier molecular flexibility index (Phi) is 6.55. The van der Waals surface area contributed by atoms with Gasteiger partial charge in [-0.3, -0.25) is 4.79 Å². The van der Waals surface area contributed by atoms with Crippen molar-refractivity contribution in [3.63, 3.8) is 0 Å². The first-order valence-corrected chi connectivity index (χ1v) is 11.8. The fourth-order valence-corrected chi connectivity index (χ4v) is 4.60. The Balaban J connectivity index is 1.29. The lowest BCUT2D eigenvalue weighted by molar-refractivity contribution is 0.0950. The Morgan fingerprint density at radius 2 is 2.03 bits per heavy atom. The van der Waals surface area contributed by atoms with E-state index in [2.05, 4.69) is 27.2 Å². The number of nitrogens with one attached hydrogen (secondary N) is 1. The number of pyridine rings is 1. The highest BCUT2D eigenvalue weighted by molar-refractivity contribution is 5.94. The summed E-state index contributed by atoms with van der Waals surface area (Å²) in [6.07, 6.45) is 4.15. The minimum atomic E-state index is -0.0742. The number of nitrogens with two attached hydrogens (primary N) is 1. The summed E-state index contributed by atoms with van der Waals surface area (Å²) >= 11 is 0. The van der Waals surface area contributed by atoms with Crippen LogP contribution in [0.3, 0.4) is 0 Å². The summed E-state index contributed by atoms with van der Waals surface area (Å²) < 4.78 is 11.4. The number of carbonyl (C=O) groups is 1. The maximum atomic E-state index is 12.6. The van der Waals surface area contributed by atoms with E-state index < -0.39 is 0 Å². The van der Waals surface area contributed by atoms with Gasteiger partial charge in [-0.15, -0.1) is 0 Å². The maximum absolute atomic E-state index is 12.6. The number of carbonyl (C=O) groups excluding carboxylic acids is 1. The molecule has 2 aliphatic heterocycles. The number of ether oxygens (including phenoxy) is 2. The second-order valence-corrected chi connectivity index (χ2v) is 8.95. The highest BCUT2D eigenvalue weighted by atomic mass is 16.5. The van der Waals surface area contributed by atoms with Crippen LogP contribution in [0.5, 0.6) is 5.88 Å². The summed E-state index contributed by atoms with van der Waals surface area (Å²) in [5.41, 5.74) is 9.30. The lowest BCUT2D eigenvalue weighted by Gasteiger charge is -2.19. The van der Waals surface area contributed by atoms with Gasteiger partial charge in [0.15, 0.2) is 5.52 Å². The molecule has 3 aromatic rings. The third-order valence-corrected chi connectivity index (χ3v) is 6.57. The zero-order valence-electron chi connectivity index (χ0n) is 19.4. The SMILES string of the molecule is CN1CCCC1CCNC(=O)c1ccc(-c2ccc3nc(N)nc(O[C@H]4CCOC4)c3n2)cc1. The highest BCUT2D eigenvalue weighted by Gasteiger charge is 2.22. The summed E-state index contributed by atoms with van der Waals surface area (Å²) in [7, 11) is 2.15. The first-order valence-electron chi connectivity index (χ1n) is 11.8. The number of hydrogen-bond acceptors (Lipinski definition) is 8. The molecule has 2 atom stereocenters. The normalized spacial score (nSPS) is 20.6. The molecular weight excluding hydrogens is 432 g/mol. The van der Waals surface area contributed by atoms with Gasteiger partial charge in [0.1, 0.15) is 6.10 Å². The molecule has 0 aliphatic carbocycles. The van der Waals surface area contributed by atoms with Crippen molar-refractivity contribution < 1.29 is 14.3 Å². The van der Waals surface area contributed by atoms with Crippen LogP contribution in [0.15, 0.2) is 36.4 Å². The van der Waals surface area contributed by atoms with Crippen molar-refractivity contribution in [1.29, 1.82) is 0 Å². The number of benzene rings is 1. The van der Waals surface area contributed by atoms with Crippen LogP contribution in [-0.2, 0) is 4.74 Å². The topological polar surface area (TPSA) is 115 Å². The summed E-state index contributed by atoms with van der Waals surface area (Å²) in [6.45, 7) is 3.01. The van der Waals surface area contributed by atoms with E-state index in [-0.39, 0.29) is 18.0 Å². The number of aromatic nitrogens is 3. The van der Waals surface area contributed by atoms with Gasteiger partial charge in [-0.1, -0.05) is 12.1 Å². The van der Waals surface area contributed by atoms with Crippen LogP contribution in [0.1, 0.15) is 36.0 Å². The van der Waals surface area contributed by atoms with Gasteiger partial charge in [0.25, 0.3) is 5.91 Å². The quantitative estimate of drug-likeness (QED) is 0.551. The fourth-order valence-electron chi connectivity index (χ4n) is 4.60. The monoisotopic (exact) mass is 462 g/mol. The van der Waals surface area contributed by atoms with Crippen LogP contribution in [0.2, 0.25) is 0 Å². The van der Waals surface area contributed by atoms with Gasteiger partial charge < -0.3 is 25.4 Å². The predicted octanol–water partition coefficient (Wildman–Crippen LogP) is 2.66. The molecule has 178 valence electrons. The molecule has 1 unspecified atom stereocenters.